The van der Waals surface area contributed by atoms with Gasteiger partial charge in [0.05, 0.1) is 29.8 Å². The molecule has 1 aliphatic rings. The highest BCUT2D eigenvalue weighted by atomic mass is 32.2. The van der Waals surface area contributed by atoms with E-state index < -0.39 is 22.4 Å². The smallest absolute Gasteiger partial charge is 0.261 e. The fourth-order valence-electron chi connectivity index (χ4n) is 5.51. The van der Waals surface area contributed by atoms with Crippen molar-refractivity contribution in [3.8, 4) is 0 Å². The first kappa shape index (κ1) is 31.8. The molecule has 0 saturated carbocycles. The monoisotopic (exact) mass is 616 g/mol. The number of hydrogen-bond donors (Lipinski definition) is 3. The number of nitrogens with zero attached hydrogens (tertiary/aromatic N) is 1. The van der Waals surface area contributed by atoms with E-state index in [9.17, 15) is 18.6 Å². The molecule has 4 aromatic carbocycles. The minimum atomic E-state index is -3.78. The molecule has 5 rings (SSSR count). The van der Waals surface area contributed by atoms with Crippen LogP contribution in [0.25, 0.3) is 0 Å². The van der Waals surface area contributed by atoms with Gasteiger partial charge in [-0.3, -0.25) is 9.62 Å². The molecular weight excluding hydrogens is 576 g/mol. The predicted octanol–water partition coefficient (Wildman–Crippen LogP) is 5.83. The predicted molar refractivity (Wildman–Crippen MR) is 170 cm³/mol. The molecule has 0 aromatic heterocycles. The molecular formula is C35H40N2O6S. The Kier molecular flexibility index (Phi) is 10.2. The molecule has 1 fully saturated rings. The second-order valence-corrected chi connectivity index (χ2v) is 13.1. The van der Waals surface area contributed by atoms with E-state index in [-0.39, 0.29) is 35.7 Å². The van der Waals surface area contributed by atoms with E-state index in [4.69, 9.17) is 9.47 Å². The van der Waals surface area contributed by atoms with Gasteiger partial charge in [-0.15, -0.1) is 0 Å². The maximum absolute atomic E-state index is 13.0. The number of benzene rings is 4. The van der Waals surface area contributed by atoms with Crippen LogP contribution >= 0.6 is 0 Å². The van der Waals surface area contributed by atoms with Gasteiger partial charge in [-0.05, 0) is 54.9 Å². The Morgan fingerprint density at radius 1 is 0.864 bits per heavy atom. The number of hydrogen-bond acceptors (Lipinski definition) is 7. The van der Waals surface area contributed by atoms with Gasteiger partial charge in [0, 0.05) is 29.8 Å². The molecule has 0 bridgehead atoms. The summed E-state index contributed by atoms with van der Waals surface area (Å²) in [7, 11) is -1.81. The molecule has 4 aromatic rings. The first-order chi connectivity index (χ1) is 21.2. The van der Waals surface area contributed by atoms with Crippen LogP contribution in [0.3, 0.4) is 0 Å². The molecule has 6 atom stereocenters. The van der Waals surface area contributed by atoms with E-state index in [1.165, 1.54) is 0 Å². The standard InChI is InChI=1S/C35H40N2O6S/c1-24-32(22-37(3)25(2)33(39)27-11-6-4-7-12-27)42-35(43-34(24)28-19-17-26(23-38)18-20-28)29-13-10-14-30(21-29)36-44(40,41)31-15-8-5-9-16-31/h4-21,24-25,32-36,38-39H,22-23H2,1-3H3/t24-,25+,32+,33+,34+,35+/m0/s1. The average molecular weight is 617 g/mol. The largest absolute Gasteiger partial charge is 0.392 e. The van der Waals surface area contributed by atoms with Crippen LogP contribution in [0.1, 0.15) is 54.6 Å². The Hall–Kier alpha value is -3.57. The Morgan fingerprint density at radius 2 is 1.52 bits per heavy atom. The molecule has 0 unspecified atom stereocenters. The molecule has 3 N–H and O–H groups in total. The minimum absolute atomic E-state index is 0.0478. The quantitative estimate of drug-likeness (QED) is 0.195. The van der Waals surface area contributed by atoms with Gasteiger partial charge in [-0.1, -0.05) is 91.9 Å². The number of ether oxygens (including phenoxy) is 2. The van der Waals surface area contributed by atoms with Crippen molar-refractivity contribution in [1.82, 2.24) is 4.90 Å². The number of sulfonamides is 1. The molecule has 0 spiro atoms. The Morgan fingerprint density at radius 3 is 2.18 bits per heavy atom. The SMILES string of the molecule is C[C@H]1[C@@H](CN(C)[C@H](C)[C@@H](O)c2ccccc2)O[C@@H](c2cccc(NS(=O)(=O)c3ccccc3)c2)O[C@H]1c1ccc(CO)cc1. The van der Waals surface area contributed by atoms with Gasteiger partial charge in [-0.25, -0.2) is 8.42 Å². The van der Waals surface area contributed by atoms with E-state index in [1.54, 1.807) is 48.5 Å². The number of rotatable bonds is 11. The van der Waals surface area contributed by atoms with Gasteiger partial charge >= 0.3 is 0 Å². The van der Waals surface area contributed by atoms with Gasteiger partial charge in [0.2, 0.25) is 0 Å². The molecule has 1 aliphatic heterocycles. The van der Waals surface area contributed by atoms with Crippen molar-refractivity contribution in [1.29, 1.82) is 0 Å². The molecule has 44 heavy (non-hydrogen) atoms. The maximum Gasteiger partial charge on any atom is 0.261 e. The summed E-state index contributed by atoms with van der Waals surface area (Å²) in [5.41, 5.74) is 3.68. The minimum Gasteiger partial charge on any atom is -0.392 e. The van der Waals surface area contributed by atoms with Crippen molar-refractivity contribution in [3.05, 3.63) is 131 Å². The number of aliphatic hydroxyl groups excluding tert-OH is 2. The third kappa shape index (κ3) is 7.38. The van der Waals surface area contributed by atoms with Crippen molar-refractivity contribution in [2.75, 3.05) is 18.3 Å². The van der Waals surface area contributed by atoms with Crippen LogP contribution < -0.4 is 4.72 Å². The van der Waals surface area contributed by atoms with E-state index in [1.807, 2.05) is 74.6 Å². The third-order valence-corrected chi connectivity index (χ3v) is 9.75. The van der Waals surface area contributed by atoms with Crippen LogP contribution in [0.5, 0.6) is 0 Å². The lowest BCUT2D eigenvalue weighted by Crippen LogP contribution is -2.46. The van der Waals surface area contributed by atoms with E-state index in [0.29, 0.717) is 17.8 Å². The second kappa shape index (κ2) is 14.0. The molecule has 8 nitrogen and oxygen atoms in total. The van der Waals surface area contributed by atoms with Gasteiger partial charge in [-0.2, -0.15) is 0 Å². The summed E-state index contributed by atoms with van der Waals surface area (Å²) in [6.45, 7) is 4.56. The third-order valence-electron chi connectivity index (χ3n) is 8.35. The maximum atomic E-state index is 13.0. The van der Waals surface area contributed by atoms with Crippen LogP contribution in [0.4, 0.5) is 5.69 Å². The van der Waals surface area contributed by atoms with E-state index >= 15 is 0 Å². The van der Waals surface area contributed by atoms with Crippen LogP contribution in [0.2, 0.25) is 0 Å². The lowest BCUT2D eigenvalue weighted by Gasteiger charge is -2.43. The summed E-state index contributed by atoms with van der Waals surface area (Å²) in [6, 6.07) is 32.4. The average Bonchev–Trinajstić information content (AvgIpc) is 3.05. The fraction of sp³-hybridized carbons (Fsp3) is 0.314. The second-order valence-electron chi connectivity index (χ2n) is 11.4. The van der Waals surface area contributed by atoms with Gasteiger partial charge in [0.15, 0.2) is 6.29 Å². The molecule has 0 aliphatic carbocycles. The zero-order chi connectivity index (χ0) is 31.3. The van der Waals surface area contributed by atoms with Crippen LogP contribution in [-0.4, -0.2) is 49.3 Å². The first-order valence-corrected chi connectivity index (χ1v) is 16.3. The molecule has 1 heterocycles. The Labute approximate surface area is 259 Å². The van der Waals surface area contributed by atoms with Gasteiger partial charge in [0.1, 0.15) is 0 Å². The summed E-state index contributed by atoms with van der Waals surface area (Å²) in [4.78, 5) is 2.27. The molecule has 0 amide bonds. The summed E-state index contributed by atoms with van der Waals surface area (Å²) < 4.78 is 41.8. The zero-order valence-corrected chi connectivity index (χ0v) is 26.0. The van der Waals surface area contributed by atoms with Crippen LogP contribution in [0.15, 0.2) is 114 Å². The first-order valence-electron chi connectivity index (χ1n) is 14.8. The molecule has 0 radical (unpaired) electrons. The van der Waals surface area contributed by atoms with Crippen molar-refractivity contribution < 1.29 is 28.1 Å². The molecule has 232 valence electrons. The zero-order valence-electron chi connectivity index (χ0n) is 25.2. The lowest BCUT2D eigenvalue weighted by atomic mass is 9.89. The summed E-state index contributed by atoms with van der Waals surface area (Å²) in [6.07, 6.45) is -2.07. The normalized spacial score (nSPS) is 22.0. The van der Waals surface area contributed by atoms with Crippen LogP contribution in [0, 0.1) is 5.92 Å². The highest BCUT2D eigenvalue weighted by Crippen LogP contribution is 2.42. The Balaban J connectivity index is 1.40. The topological polar surface area (TPSA) is 108 Å². The van der Waals surface area contributed by atoms with Crippen molar-refractivity contribution >= 4 is 15.7 Å². The van der Waals surface area contributed by atoms with Gasteiger partial charge < -0.3 is 19.7 Å². The van der Waals surface area contributed by atoms with Crippen molar-refractivity contribution in [3.63, 3.8) is 0 Å². The number of nitrogens with one attached hydrogen (secondary N) is 1. The summed E-state index contributed by atoms with van der Waals surface area (Å²) in [5, 5.41) is 20.6. The van der Waals surface area contributed by atoms with Crippen LogP contribution in [-0.2, 0) is 26.1 Å². The lowest BCUT2D eigenvalue weighted by molar-refractivity contribution is -0.276. The fourth-order valence-corrected chi connectivity index (χ4v) is 6.58. The number of anilines is 1. The Bertz CT molecular complexity index is 1600. The summed E-state index contributed by atoms with van der Waals surface area (Å²) >= 11 is 0. The van der Waals surface area contributed by atoms with E-state index in [2.05, 4.69) is 16.5 Å². The molecule has 1 saturated heterocycles. The highest BCUT2D eigenvalue weighted by molar-refractivity contribution is 7.92. The highest BCUT2D eigenvalue weighted by Gasteiger charge is 2.39. The van der Waals surface area contributed by atoms with Gasteiger partial charge in [0.25, 0.3) is 10.0 Å². The number of likely N-dealkylation sites (N-methyl/N-ethyl adjacent to an activating group) is 1. The number of aliphatic hydroxyl groups is 2. The van der Waals surface area contributed by atoms with Crippen molar-refractivity contribution in [2.45, 2.75) is 56.0 Å². The molecule has 9 heteroatoms. The van der Waals surface area contributed by atoms with Crippen molar-refractivity contribution in [2.24, 2.45) is 5.92 Å². The summed E-state index contributed by atoms with van der Waals surface area (Å²) in [5.74, 6) is -0.0606. The van der Waals surface area contributed by atoms with E-state index in [0.717, 1.165) is 16.7 Å².